The second-order valence-corrected chi connectivity index (χ2v) is 7.75. The molecule has 4 bridgehead atoms. The Morgan fingerprint density at radius 3 is 2.17 bits per heavy atom. The fourth-order valence-electron chi connectivity index (χ4n) is 5.42. The second kappa shape index (κ2) is 6.82. The minimum atomic E-state index is -0.196. The lowest BCUT2D eigenvalue weighted by Gasteiger charge is -2.54. The number of nitrogens with one attached hydrogen (secondary N) is 1. The van der Waals surface area contributed by atoms with Gasteiger partial charge in [-0.1, -0.05) is 30.3 Å². The van der Waals surface area contributed by atoms with E-state index in [2.05, 4.69) is 5.32 Å². The molecule has 0 radical (unpaired) electrons. The Balaban J connectivity index is 0.00000156. The van der Waals surface area contributed by atoms with Gasteiger partial charge in [0.1, 0.15) is 0 Å². The zero-order valence-corrected chi connectivity index (χ0v) is 14.3. The first-order valence-corrected chi connectivity index (χ1v) is 8.79. The molecule has 3 nitrogen and oxygen atoms in total. The van der Waals surface area contributed by atoms with Gasteiger partial charge in [0.25, 0.3) is 0 Å². The van der Waals surface area contributed by atoms with Gasteiger partial charge >= 0.3 is 0 Å². The summed E-state index contributed by atoms with van der Waals surface area (Å²) in [6.45, 7) is 0. The van der Waals surface area contributed by atoms with Gasteiger partial charge < -0.3 is 11.1 Å². The highest BCUT2D eigenvalue weighted by molar-refractivity contribution is 5.85. The monoisotopic (exact) mass is 334 g/mol. The Labute approximate surface area is 144 Å². The maximum Gasteiger partial charge on any atom is 0.222 e. The van der Waals surface area contributed by atoms with Gasteiger partial charge in [0.05, 0.1) is 0 Å². The summed E-state index contributed by atoms with van der Waals surface area (Å²) in [6, 6.07) is 10.2. The Kier molecular flexibility index (Phi) is 4.98. The van der Waals surface area contributed by atoms with Gasteiger partial charge in [0, 0.05) is 18.5 Å². The van der Waals surface area contributed by atoms with Crippen LogP contribution in [0.15, 0.2) is 30.3 Å². The minimum Gasteiger partial charge on any atom is -0.353 e. The molecule has 0 aliphatic heterocycles. The van der Waals surface area contributed by atoms with Gasteiger partial charge in [-0.2, -0.15) is 0 Å². The van der Waals surface area contributed by atoms with Gasteiger partial charge in [-0.3, -0.25) is 4.79 Å². The molecule has 4 fully saturated rings. The predicted octanol–water partition coefficient (Wildman–Crippen LogP) is 3.44. The first kappa shape index (κ1) is 16.8. The van der Waals surface area contributed by atoms with Crippen LogP contribution in [0.3, 0.4) is 0 Å². The molecule has 4 aliphatic carbocycles. The predicted molar refractivity (Wildman–Crippen MR) is 94.2 cm³/mol. The topological polar surface area (TPSA) is 55.1 Å². The zero-order valence-electron chi connectivity index (χ0n) is 13.5. The summed E-state index contributed by atoms with van der Waals surface area (Å²) in [5, 5.41) is 3.34. The smallest absolute Gasteiger partial charge is 0.222 e. The van der Waals surface area contributed by atoms with Crippen molar-refractivity contribution in [1.29, 1.82) is 0 Å². The lowest BCUT2D eigenvalue weighted by molar-refractivity contribution is -0.125. The van der Waals surface area contributed by atoms with E-state index in [1.165, 1.54) is 32.1 Å². The van der Waals surface area contributed by atoms with E-state index in [1.807, 2.05) is 30.3 Å². The Hall–Kier alpha value is -1.06. The van der Waals surface area contributed by atoms with Crippen molar-refractivity contribution in [2.24, 2.45) is 29.4 Å². The molecule has 126 valence electrons. The van der Waals surface area contributed by atoms with Gasteiger partial charge in [-0.05, 0) is 61.3 Å². The van der Waals surface area contributed by atoms with Crippen molar-refractivity contribution in [2.75, 3.05) is 0 Å². The Morgan fingerprint density at radius 2 is 1.61 bits per heavy atom. The molecule has 0 spiro atoms. The molecule has 4 saturated carbocycles. The highest BCUT2D eigenvalue weighted by Gasteiger charge is 2.48. The van der Waals surface area contributed by atoms with E-state index in [1.54, 1.807) is 0 Å². The van der Waals surface area contributed by atoms with Crippen molar-refractivity contribution >= 4 is 18.3 Å². The quantitative estimate of drug-likeness (QED) is 0.886. The molecule has 0 aromatic heterocycles. The number of benzene rings is 1. The third-order valence-corrected chi connectivity index (χ3v) is 6.19. The van der Waals surface area contributed by atoms with Crippen molar-refractivity contribution in [3.8, 4) is 0 Å². The molecular formula is C19H27ClN2O. The molecule has 1 aromatic rings. The van der Waals surface area contributed by atoms with Crippen molar-refractivity contribution in [1.82, 2.24) is 5.32 Å². The molecule has 4 heteroatoms. The molecule has 1 atom stereocenters. The van der Waals surface area contributed by atoms with Crippen molar-refractivity contribution in [3.63, 3.8) is 0 Å². The standard InChI is InChI=1S/C19H26N2O.ClH/c20-17(14-4-2-1-3-5-14)11-18(22)21-19-15-7-12-6-13(9-15)10-16(19)8-12;/h1-5,12-13,15-17,19H,6-11,20H2,(H,21,22);1H. The summed E-state index contributed by atoms with van der Waals surface area (Å²) in [7, 11) is 0. The maximum absolute atomic E-state index is 12.4. The highest BCUT2D eigenvalue weighted by Crippen LogP contribution is 2.53. The van der Waals surface area contributed by atoms with Crippen LogP contribution >= 0.6 is 12.4 Å². The number of carbonyl (C=O) groups is 1. The zero-order chi connectivity index (χ0) is 15.1. The van der Waals surface area contributed by atoms with Gasteiger partial charge in [-0.25, -0.2) is 0 Å². The summed E-state index contributed by atoms with van der Waals surface area (Å²) in [5.74, 6) is 3.49. The number of amides is 1. The average Bonchev–Trinajstić information content (AvgIpc) is 2.51. The van der Waals surface area contributed by atoms with Crippen molar-refractivity contribution in [3.05, 3.63) is 35.9 Å². The number of rotatable bonds is 4. The summed E-state index contributed by atoms with van der Waals surface area (Å²) < 4.78 is 0. The summed E-state index contributed by atoms with van der Waals surface area (Å²) in [6.07, 6.45) is 7.19. The number of carbonyl (C=O) groups excluding carboxylic acids is 1. The Bertz CT molecular complexity index is 520. The summed E-state index contributed by atoms with van der Waals surface area (Å²) in [4.78, 5) is 12.4. The van der Waals surface area contributed by atoms with Gasteiger partial charge in [0.15, 0.2) is 0 Å². The van der Waals surface area contributed by atoms with E-state index in [4.69, 9.17) is 5.73 Å². The molecular weight excluding hydrogens is 308 g/mol. The fraction of sp³-hybridized carbons (Fsp3) is 0.632. The van der Waals surface area contributed by atoms with Gasteiger partial charge in [-0.15, -0.1) is 12.4 Å². The van der Waals surface area contributed by atoms with Crippen LogP contribution in [-0.4, -0.2) is 11.9 Å². The lowest BCUT2D eigenvalue weighted by Crippen LogP contribution is -2.56. The van der Waals surface area contributed by atoms with Crippen LogP contribution in [0.1, 0.15) is 50.1 Å². The molecule has 4 aliphatic rings. The van der Waals surface area contributed by atoms with E-state index in [9.17, 15) is 4.79 Å². The molecule has 3 N–H and O–H groups in total. The molecule has 1 amide bonds. The van der Waals surface area contributed by atoms with E-state index in [0.29, 0.717) is 12.5 Å². The van der Waals surface area contributed by atoms with E-state index in [0.717, 1.165) is 29.2 Å². The Morgan fingerprint density at radius 1 is 1.04 bits per heavy atom. The molecule has 0 heterocycles. The van der Waals surface area contributed by atoms with Crippen LogP contribution in [0.2, 0.25) is 0 Å². The third kappa shape index (κ3) is 3.41. The number of hydrogen-bond donors (Lipinski definition) is 2. The van der Waals surface area contributed by atoms with Crippen LogP contribution in [0.5, 0.6) is 0 Å². The van der Waals surface area contributed by atoms with Crippen LogP contribution in [-0.2, 0) is 4.79 Å². The molecule has 1 unspecified atom stereocenters. The molecule has 23 heavy (non-hydrogen) atoms. The number of hydrogen-bond acceptors (Lipinski definition) is 2. The normalized spacial score (nSPS) is 35.4. The van der Waals surface area contributed by atoms with Gasteiger partial charge in [0.2, 0.25) is 5.91 Å². The van der Waals surface area contributed by atoms with E-state index < -0.39 is 0 Å². The van der Waals surface area contributed by atoms with E-state index in [-0.39, 0.29) is 24.4 Å². The van der Waals surface area contributed by atoms with Crippen molar-refractivity contribution < 1.29 is 4.79 Å². The van der Waals surface area contributed by atoms with Crippen LogP contribution in [0.25, 0.3) is 0 Å². The molecule has 0 saturated heterocycles. The highest BCUT2D eigenvalue weighted by atomic mass is 35.5. The summed E-state index contributed by atoms with van der Waals surface area (Å²) >= 11 is 0. The first-order valence-electron chi connectivity index (χ1n) is 8.79. The second-order valence-electron chi connectivity index (χ2n) is 7.75. The lowest BCUT2D eigenvalue weighted by atomic mass is 9.54. The average molecular weight is 335 g/mol. The van der Waals surface area contributed by atoms with E-state index >= 15 is 0 Å². The largest absolute Gasteiger partial charge is 0.353 e. The molecule has 5 rings (SSSR count). The van der Waals surface area contributed by atoms with Crippen molar-refractivity contribution in [2.45, 2.75) is 50.6 Å². The summed E-state index contributed by atoms with van der Waals surface area (Å²) in [5.41, 5.74) is 7.23. The third-order valence-electron chi connectivity index (χ3n) is 6.19. The SMILES string of the molecule is Cl.NC(CC(=O)NC1C2CC3CC(C2)CC1C3)c1ccccc1. The number of halogens is 1. The minimum absolute atomic E-state index is 0. The number of nitrogens with two attached hydrogens (primary N) is 1. The maximum atomic E-state index is 12.4. The van der Waals surface area contributed by atoms with Crippen LogP contribution < -0.4 is 11.1 Å². The first-order chi connectivity index (χ1) is 10.7. The fourth-order valence-corrected chi connectivity index (χ4v) is 5.42. The van der Waals surface area contributed by atoms with Crippen LogP contribution in [0, 0.1) is 23.7 Å². The molecule has 1 aromatic carbocycles. The van der Waals surface area contributed by atoms with Crippen LogP contribution in [0.4, 0.5) is 0 Å².